The fourth-order valence-electron chi connectivity index (χ4n) is 3.36. The van der Waals surface area contributed by atoms with Gasteiger partial charge < -0.3 is 10.3 Å². The Bertz CT molecular complexity index is 506. The minimum absolute atomic E-state index is 0.0204. The molecule has 3 heterocycles. The summed E-state index contributed by atoms with van der Waals surface area (Å²) in [5, 5.41) is 0. The zero-order valence-electron chi connectivity index (χ0n) is 11.7. The summed E-state index contributed by atoms with van der Waals surface area (Å²) in [6.07, 6.45) is 5.11. The molecular weight excluding hydrogens is 254 g/mol. The highest BCUT2D eigenvalue weighted by atomic mass is 16.2. The van der Waals surface area contributed by atoms with Gasteiger partial charge in [-0.1, -0.05) is 0 Å². The fourth-order valence-corrected chi connectivity index (χ4v) is 3.36. The Kier molecular flexibility index (Phi) is 3.58. The molecule has 0 aliphatic carbocycles. The molecular formula is C14H21N5O. The van der Waals surface area contributed by atoms with Crippen LogP contribution in [0.5, 0.6) is 0 Å². The smallest absolute Gasteiger partial charge is 0.257 e. The molecule has 108 valence electrons. The van der Waals surface area contributed by atoms with Gasteiger partial charge in [-0.25, -0.2) is 10.8 Å². The molecule has 2 fully saturated rings. The monoisotopic (exact) mass is 275 g/mol. The van der Waals surface area contributed by atoms with E-state index in [-0.39, 0.29) is 5.91 Å². The number of likely N-dealkylation sites (N-methyl/N-ethyl adjacent to an activating group) is 1. The van der Waals surface area contributed by atoms with Crippen molar-refractivity contribution in [2.24, 2.45) is 5.84 Å². The highest BCUT2D eigenvalue weighted by molar-refractivity contribution is 5.98. The van der Waals surface area contributed by atoms with Crippen molar-refractivity contribution in [1.82, 2.24) is 14.8 Å². The van der Waals surface area contributed by atoms with E-state index in [1.54, 1.807) is 18.3 Å². The number of anilines is 1. The maximum Gasteiger partial charge on any atom is 0.257 e. The summed E-state index contributed by atoms with van der Waals surface area (Å²) in [4.78, 5) is 21.2. The second-order valence-corrected chi connectivity index (χ2v) is 5.63. The molecule has 2 saturated heterocycles. The molecule has 3 N–H and O–H groups in total. The first-order chi connectivity index (χ1) is 9.70. The van der Waals surface area contributed by atoms with E-state index in [0.717, 1.165) is 19.5 Å². The molecule has 2 aliphatic rings. The molecule has 2 atom stereocenters. The van der Waals surface area contributed by atoms with Gasteiger partial charge >= 0.3 is 0 Å². The third kappa shape index (κ3) is 2.25. The van der Waals surface area contributed by atoms with Gasteiger partial charge in [0.15, 0.2) is 5.82 Å². The van der Waals surface area contributed by atoms with E-state index in [9.17, 15) is 4.79 Å². The first-order valence-electron chi connectivity index (χ1n) is 7.13. The zero-order chi connectivity index (χ0) is 14.1. The molecule has 1 amide bonds. The third-order valence-corrected chi connectivity index (χ3v) is 4.61. The van der Waals surface area contributed by atoms with Gasteiger partial charge in [-0.3, -0.25) is 9.69 Å². The van der Waals surface area contributed by atoms with Crippen LogP contribution in [0.2, 0.25) is 0 Å². The van der Waals surface area contributed by atoms with Crippen molar-refractivity contribution < 1.29 is 4.79 Å². The molecule has 2 bridgehead atoms. The van der Waals surface area contributed by atoms with E-state index in [1.165, 1.54) is 12.8 Å². The Labute approximate surface area is 118 Å². The average molecular weight is 275 g/mol. The predicted octanol–water partition coefficient (Wildman–Crippen LogP) is 0.676. The molecule has 0 saturated carbocycles. The number of aromatic nitrogens is 1. The molecule has 1 aromatic rings. The lowest BCUT2D eigenvalue weighted by atomic mass is 10.1. The van der Waals surface area contributed by atoms with Crippen molar-refractivity contribution >= 4 is 11.7 Å². The molecule has 6 nitrogen and oxygen atoms in total. The maximum absolute atomic E-state index is 12.7. The Balaban J connectivity index is 1.80. The fraction of sp³-hybridized carbons (Fsp3) is 0.571. The summed E-state index contributed by atoms with van der Waals surface area (Å²) in [5.74, 6) is 5.91. The predicted molar refractivity (Wildman–Crippen MR) is 77.1 cm³/mol. The molecule has 0 aromatic carbocycles. The zero-order valence-corrected chi connectivity index (χ0v) is 11.7. The maximum atomic E-state index is 12.7. The molecule has 2 aliphatic heterocycles. The van der Waals surface area contributed by atoms with Gasteiger partial charge in [-0.2, -0.15) is 0 Å². The number of hydrazine groups is 1. The van der Waals surface area contributed by atoms with Crippen LogP contribution in [0.25, 0.3) is 0 Å². The lowest BCUT2D eigenvalue weighted by molar-refractivity contribution is 0.0741. The Morgan fingerprint density at radius 1 is 1.40 bits per heavy atom. The summed E-state index contributed by atoms with van der Waals surface area (Å²) in [6.45, 7) is 1.61. The van der Waals surface area contributed by atoms with Crippen LogP contribution in [-0.2, 0) is 0 Å². The lowest BCUT2D eigenvalue weighted by Gasteiger charge is -2.26. The van der Waals surface area contributed by atoms with Crippen LogP contribution in [0.4, 0.5) is 5.82 Å². The molecule has 0 radical (unpaired) electrons. The number of hydrogen-bond acceptors (Lipinski definition) is 5. The average Bonchev–Trinajstić information content (AvgIpc) is 2.71. The minimum atomic E-state index is 0.0204. The largest absolute Gasteiger partial charge is 0.337 e. The molecule has 6 heteroatoms. The number of carbonyl (C=O) groups excluding carboxylic acids is 1. The van der Waals surface area contributed by atoms with Gasteiger partial charge in [-0.05, 0) is 38.4 Å². The van der Waals surface area contributed by atoms with E-state index in [4.69, 9.17) is 5.84 Å². The van der Waals surface area contributed by atoms with Crippen molar-refractivity contribution in [3.8, 4) is 0 Å². The number of amides is 1. The second-order valence-electron chi connectivity index (χ2n) is 5.63. The standard InChI is InChI=1S/C14H21N5O/c1-18-10-4-5-11(18)9-19(8-6-10)14(20)12-3-2-7-16-13(12)17-15/h2-3,7,10-11H,4-6,8-9,15H2,1H3,(H,16,17). The van der Waals surface area contributed by atoms with Gasteiger partial charge in [0, 0.05) is 31.4 Å². The van der Waals surface area contributed by atoms with Crippen molar-refractivity contribution in [3.05, 3.63) is 23.9 Å². The number of nitrogens with zero attached hydrogens (tertiary/aromatic N) is 3. The van der Waals surface area contributed by atoms with Crippen LogP contribution in [0.1, 0.15) is 29.6 Å². The van der Waals surface area contributed by atoms with Crippen molar-refractivity contribution in [2.45, 2.75) is 31.3 Å². The number of rotatable bonds is 2. The second kappa shape index (κ2) is 5.38. The number of hydrogen-bond donors (Lipinski definition) is 2. The van der Waals surface area contributed by atoms with E-state index in [0.29, 0.717) is 23.5 Å². The Morgan fingerprint density at radius 3 is 3.00 bits per heavy atom. The van der Waals surface area contributed by atoms with E-state index in [2.05, 4.69) is 22.4 Å². The molecule has 20 heavy (non-hydrogen) atoms. The number of likely N-dealkylation sites (tertiary alicyclic amines) is 1. The van der Waals surface area contributed by atoms with E-state index >= 15 is 0 Å². The van der Waals surface area contributed by atoms with Crippen LogP contribution >= 0.6 is 0 Å². The first kappa shape index (κ1) is 13.3. The summed E-state index contributed by atoms with van der Waals surface area (Å²) < 4.78 is 0. The van der Waals surface area contributed by atoms with Gasteiger partial charge in [0.1, 0.15) is 0 Å². The van der Waals surface area contributed by atoms with Crippen LogP contribution in [0.15, 0.2) is 18.3 Å². The normalized spacial score (nSPS) is 26.4. The van der Waals surface area contributed by atoms with Crippen LogP contribution in [-0.4, -0.2) is 52.9 Å². The van der Waals surface area contributed by atoms with Crippen LogP contribution in [0, 0.1) is 0 Å². The van der Waals surface area contributed by atoms with Gasteiger partial charge in [0.2, 0.25) is 0 Å². The minimum Gasteiger partial charge on any atom is -0.337 e. The quantitative estimate of drug-likeness (QED) is 0.613. The number of carbonyl (C=O) groups is 1. The molecule has 0 spiro atoms. The van der Waals surface area contributed by atoms with Gasteiger partial charge in [0.25, 0.3) is 5.91 Å². The highest BCUT2D eigenvalue weighted by Gasteiger charge is 2.36. The summed E-state index contributed by atoms with van der Waals surface area (Å²) in [7, 11) is 2.17. The lowest BCUT2D eigenvalue weighted by Crippen LogP contribution is -2.40. The number of nitrogens with one attached hydrogen (secondary N) is 1. The number of fused-ring (bicyclic) bond motifs is 2. The van der Waals surface area contributed by atoms with Gasteiger partial charge in [0.05, 0.1) is 5.56 Å². The summed E-state index contributed by atoms with van der Waals surface area (Å²) >= 11 is 0. The van der Waals surface area contributed by atoms with Crippen LogP contribution in [0.3, 0.4) is 0 Å². The topological polar surface area (TPSA) is 74.5 Å². The SMILES string of the molecule is CN1C2CCC1CN(C(=O)c1cccnc1NN)CC2. The van der Waals surface area contributed by atoms with E-state index < -0.39 is 0 Å². The number of nitrogens with two attached hydrogens (primary N) is 1. The Hall–Kier alpha value is -1.66. The van der Waals surface area contributed by atoms with Crippen molar-refractivity contribution in [2.75, 3.05) is 25.6 Å². The molecule has 2 unspecified atom stereocenters. The van der Waals surface area contributed by atoms with Gasteiger partial charge in [-0.15, -0.1) is 0 Å². The number of pyridine rings is 1. The number of nitrogen functional groups attached to an aromatic ring is 1. The third-order valence-electron chi connectivity index (χ3n) is 4.61. The van der Waals surface area contributed by atoms with Crippen molar-refractivity contribution in [1.29, 1.82) is 0 Å². The molecule has 3 rings (SSSR count). The molecule has 1 aromatic heterocycles. The van der Waals surface area contributed by atoms with Crippen LogP contribution < -0.4 is 11.3 Å². The summed E-state index contributed by atoms with van der Waals surface area (Å²) in [5.41, 5.74) is 3.06. The highest BCUT2D eigenvalue weighted by Crippen LogP contribution is 2.29. The first-order valence-corrected chi connectivity index (χ1v) is 7.13. The Morgan fingerprint density at radius 2 is 2.20 bits per heavy atom. The van der Waals surface area contributed by atoms with Crippen molar-refractivity contribution in [3.63, 3.8) is 0 Å². The summed E-state index contributed by atoms with van der Waals surface area (Å²) in [6, 6.07) is 4.65. The van der Waals surface area contributed by atoms with E-state index in [1.807, 2.05) is 4.90 Å².